The molecule has 11 heteroatoms. The number of ether oxygens (including phenoxy) is 1. The van der Waals surface area contributed by atoms with Crippen molar-refractivity contribution in [3.63, 3.8) is 0 Å². The molecule has 36 heavy (non-hydrogen) atoms. The van der Waals surface area contributed by atoms with E-state index in [1.54, 1.807) is 13.2 Å². The number of hydrogen-bond donors (Lipinski definition) is 0. The zero-order valence-electron chi connectivity index (χ0n) is 20.7. The van der Waals surface area contributed by atoms with E-state index >= 15 is 0 Å². The van der Waals surface area contributed by atoms with E-state index < -0.39 is 12.0 Å². The van der Waals surface area contributed by atoms with Gasteiger partial charge in [-0.05, 0) is 56.9 Å². The van der Waals surface area contributed by atoms with Crippen LogP contribution in [0.15, 0.2) is 11.2 Å². The molecule has 3 heterocycles. The first-order chi connectivity index (χ1) is 17.3. The number of aryl methyl sites for hydroxylation is 1. The highest BCUT2D eigenvalue weighted by atomic mass is 32.1. The van der Waals surface area contributed by atoms with Gasteiger partial charge in [0.25, 0.3) is 17.0 Å². The van der Waals surface area contributed by atoms with Crippen molar-refractivity contribution >= 4 is 23.5 Å². The van der Waals surface area contributed by atoms with Crippen LogP contribution in [0.2, 0.25) is 0 Å². The summed E-state index contributed by atoms with van der Waals surface area (Å²) in [6.07, 6.45) is 10.4. The van der Waals surface area contributed by atoms with Gasteiger partial charge in [0.1, 0.15) is 6.10 Å². The molecule has 0 unspecified atom stereocenters. The summed E-state index contributed by atoms with van der Waals surface area (Å²) in [5.41, 5.74) is 1.73. The minimum absolute atomic E-state index is 0.162. The van der Waals surface area contributed by atoms with Crippen LogP contribution in [0.3, 0.4) is 0 Å². The second-order valence-corrected chi connectivity index (χ2v) is 11.5. The first kappa shape index (κ1) is 25.4. The maximum absolute atomic E-state index is 13.0. The summed E-state index contributed by atoms with van der Waals surface area (Å²) in [5.74, 6) is -1.62. The van der Waals surface area contributed by atoms with Crippen molar-refractivity contribution in [1.29, 1.82) is 0 Å². The van der Waals surface area contributed by atoms with Crippen molar-refractivity contribution in [2.75, 3.05) is 19.6 Å². The van der Waals surface area contributed by atoms with E-state index in [1.165, 1.54) is 40.3 Å². The highest BCUT2D eigenvalue weighted by molar-refractivity contribution is 7.13. The van der Waals surface area contributed by atoms with Gasteiger partial charge in [0.05, 0.1) is 24.0 Å². The normalized spacial score (nSPS) is 24.9. The predicted molar refractivity (Wildman–Crippen MR) is 133 cm³/mol. The third-order valence-electron chi connectivity index (χ3n) is 7.55. The fourth-order valence-corrected chi connectivity index (χ4v) is 6.35. The fraction of sp³-hybridized carbons (Fsp3) is 0.720. The molecule has 0 bridgehead atoms. The summed E-state index contributed by atoms with van der Waals surface area (Å²) in [6, 6.07) is 0. The predicted octanol–water partition coefficient (Wildman–Crippen LogP) is 3.89. The van der Waals surface area contributed by atoms with Gasteiger partial charge in [0.15, 0.2) is 0 Å². The SMILES string of the molecule is Cn1ncc(CC(=O)N=CC2CCC(CCN3CCc4nc(OC5CC(F)(F)C5)sc4CC3)CC2)n1. The Morgan fingerprint density at radius 1 is 1.25 bits per heavy atom. The van der Waals surface area contributed by atoms with Crippen LogP contribution in [0.25, 0.3) is 0 Å². The molecular weight excluding hydrogens is 486 g/mol. The minimum atomic E-state index is -2.57. The van der Waals surface area contributed by atoms with E-state index in [2.05, 4.69) is 25.1 Å². The Hall–Kier alpha value is -2.27. The molecular formula is C25H34F2N6O2S. The maximum Gasteiger partial charge on any atom is 0.273 e. The van der Waals surface area contributed by atoms with Crippen molar-refractivity contribution in [1.82, 2.24) is 24.9 Å². The largest absolute Gasteiger partial charge is 0.466 e. The molecule has 0 N–H and O–H groups in total. The van der Waals surface area contributed by atoms with Gasteiger partial charge in [-0.3, -0.25) is 4.79 Å². The molecule has 2 fully saturated rings. The molecule has 3 aliphatic rings. The number of alkyl halides is 2. The minimum Gasteiger partial charge on any atom is -0.466 e. The van der Waals surface area contributed by atoms with Crippen molar-refractivity contribution in [3.8, 4) is 5.19 Å². The quantitative estimate of drug-likeness (QED) is 0.491. The van der Waals surface area contributed by atoms with E-state index in [0.29, 0.717) is 16.8 Å². The van der Waals surface area contributed by atoms with Gasteiger partial charge < -0.3 is 9.64 Å². The van der Waals surface area contributed by atoms with Crippen LogP contribution in [0, 0.1) is 11.8 Å². The number of rotatable bonds is 8. The third kappa shape index (κ3) is 6.73. The number of carbonyl (C=O) groups is 1. The van der Waals surface area contributed by atoms with Crippen LogP contribution in [-0.2, 0) is 31.1 Å². The number of aromatic nitrogens is 4. The lowest BCUT2D eigenvalue weighted by molar-refractivity contribution is -0.134. The Kier molecular flexibility index (Phi) is 7.76. The van der Waals surface area contributed by atoms with Crippen LogP contribution in [0.1, 0.15) is 61.2 Å². The summed E-state index contributed by atoms with van der Waals surface area (Å²) < 4.78 is 31.8. The lowest BCUT2D eigenvalue weighted by Gasteiger charge is -2.33. The maximum atomic E-state index is 13.0. The first-order valence-electron chi connectivity index (χ1n) is 13.0. The van der Waals surface area contributed by atoms with Gasteiger partial charge in [0.2, 0.25) is 0 Å². The molecule has 0 spiro atoms. The van der Waals surface area contributed by atoms with Gasteiger partial charge >= 0.3 is 0 Å². The van der Waals surface area contributed by atoms with Crippen molar-refractivity contribution in [2.45, 2.75) is 76.2 Å². The molecule has 0 saturated heterocycles. The van der Waals surface area contributed by atoms with E-state index in [4.69, 9.17) is 4.74 Å². The van der Waals surface area contributed by atoms with Crippen LogP contribution in [0.5, 0.6) is 5.19 Å². The molecule has 0 atom stereocenters. The molecule has 0 radical (unpaired) electrons. The topological polar surface area (TPSA) is 85.5 Å². The van der Waals surface area contributed by atoms with Gasteiger partial charge in [-0.15, -0.1) is 0 Å². The molecule has 196 valence electrons. The van der Waals surface area contributed by atoms with Crippen molar-refractivity contribution in [3.05, 3.63) is 22.5 Å². The highest BCUT2D eigenvalue weighted by Crippen LogP contribution is 2.41. The van der Waals surface area contributed by atoms with Crippen LogP contribution in [-0.4, -0.2) is 68.7 Å². The number of aliphatic imine (C=N–C) groups is 1. The number of nitrogens with zero attached hydrogens (tertiary/aromatic N) is 6. The second kappa shape index (κ2) is 11.0. The Bertz CT molecular complexity index is 1050. The molecule has 0 aromatic carbocycles. The zero-order chi connectivity index (χ0) is 25.1. The highest BCUT2D eigenvalue weighted by Gasteiger charge is 2.47. The average molecular weight is 521 g/mol. The van der Waals surface area contributed by atoms with Crippen LogP contribution in [0.4, 0.5) is 8.78 Å². The smallest absolute Gasteiger partial charge is 0.273 e. The van der Waals surface area contributed by atoms with Gasteiger partial charge in [-0.25, -0.2) is 18.8 Å². The Morgan fingerprint density at radius 2 is 2.03 bits per heavy atom. The number of halogens is 2. The molecule has 2 aromatic rings. The second-order valence-electron chi connectivity index (χ2n) is 10.4. The van der Waals surface area contributed by atoms with Crippen LogP contribution < -0.4 is 4.74 Å². The number of hydrogen-bond acceptors (Lipinski definition) is 7. The summed E-state index contributed by atoms with van der Waals surface area (Å²) in [6.45, 7) is 3.08. The first-order valence-corrected chi connectivity index (χ1v) is 13.8. The standard InChI is InChI=1S/C25H34F2N6O2S/c1-32-29-16-19(31-32)12-23(34)28-15-18-4-2-17(3-5-18)6-9-33-10-7-21-22(8-11-33)36-24(30-21)35-20-13-25(26,27)14-20/h15-18,20H,2-14H2,1H3. The van der Waals surface area contributed by atoms with E-state index in [0.717, 1.165) is 56.9 Å². The summed E-state index contributed by atoms with van der Waals surface area (Å²) in [4.78, 5) is 26.1. The fourth-order valence-electron chi connectivity index (χ4n) is 5.34. The van der Waals surface area contributed by atoms with Gasteiger partial charge in [0, 0.05) is 50.5 Å². The number of amides is 1. The molecule has 1 aliphatic heterocycles. The van der Waals surface area contributed by atoms with Crippen molar-refractivity contribution < 1.29 is 18.3 Å². The lowest BCUT2D eigenvalue weighted by Crippen LogP contribution is -2.43. The number of thiazole rings is 1. The van der Waals surface area contributed by atoms with Gasteiger partial charge in [-0.2, -0.15) is 15.0 Å². The summed E-state index contributed by atoms with van der Waals surface area (Å²) in [5, 5.41) is 8.67. The molecule has 1 amide bonds. The summed E-state index contributed by atoms with van der Waals surface area (Å²) >= 11 is 1.53. The Morgan fingerprint density at radius 3 is 2.75 bits per heavy atom. The van der Waals surface area contributed by atoms with E-state index in [-0.39, 0.29) is 25.2 Å². The Balaban J connectivity index is 0.987. The monoisotopic (exact) mass is 520 g/mol. The number of fused-ring (bicyclic) bond motifs is 1. The van der Waals surface area contributed by atoms with Crippen LogP contribution >= 0.6 is 11.3 Å². The average Bonchev–Trinajstić information content (AvgIpc) is 3.36. The molecule has 8 nitrogen and oxygen atoms in total. The van der Waals surface area contributed by atoms with E-state index in [9.17, 15) is 13.6 Å². The molecule has 2 aliphatic carbocycles. The third-order valence-corrected chi connectivity index (χ3v) is 8.60. The molecule has 2 aromatic heterocycles. The van der Waals surface area contributed by atoms with Crippen molar-refractivity contribution in [2.24, 2.45) is 23.9 Å². The summed E-state index contributed by atoms with van der Waals surface area (Å²) in [7, 11) is 1.73. The number of carbonyl (C=O) groups excluding carboxylic acids is 1. The molecule has 5 rings (SSSR count). The molecule has 2 saturated carbocycles. The van der Waals surface area contributed by atoms with E-state index in [1.807, 2.05) is 6.21 Å². The Labute approximate surface area is 214 Å². The van der Waals surface area contributed by atoms with Gasteiger partial charge in [-0.1, -0.05) is 11.3 Å². The lowest BCUT2D eigenvalue weighted by atomic mass is 9.81. The zero-order valence-corrected chi connectivity index (χ0v) is 21.6.